The highest BCUT2D eigenvalue weighted by Gasteiger charge is 2.33. The Hall–Kier alpha value is -4.57. The molecule has 4 amide bonds. The van der Waals surface area contributed by atoms with Gasteiger partial charge in [-0.3, -0.25) is 19.6 Å². The van der Waals surface area contributed by atoms with Crippen molar-refractivity contribution in [1.29, 1.82) is 0 Å². The number of nitrogens with zero attached hydrogens (tertiary/aromatic N) is 8. The predicted octanol–water partition coefficient (Wildman–Crippen LogP) is 4.61. The quantitative estimate of drug-likeness (QED) is 0.272. The third-order valence-electron chi connectivity index (χ3n) is 7.16. The Morgan fingerprint density at radius 3 is 1.77 bits per heavy atom. The van der Waals surface area contributed by atoms with E-state index in [2.05, 4.69) is 25.3 Å². The molecule has 0 radical (unpaired) electrons. The number of amides is 4. The molecule has 6 rings (SSSR count). The lowest BCUT2D eigenvalue weighted by molar-refractivity contribution is 0.208. The molecule has 4 aromatic rings. The minimum Gasteiger partial charge on any atom is -0.392 e. The SMILES string of the molecule is CC(O)CNc1ncc2c(n1)N(C)C(=O)N(c1ccccc1Cl)C2.CN1C(=O)N(c2ccccc2Cl)Cc2cnc(S(C)(=O)=O)nc21. The summed E-state index contributed by atoms with van der Waals surface area (Å²) in [6, 6.07) is 13.7. The van der Waals surface area contributed by atoms with Crippen LogP contribution >= 0.6 is 23.2 Å². The fourth-order valence-corrected chi connectivity index (χ4v) is 5.80. The summed E-state index contributed by atoms with van der Waals surface area (Å²) in [5, 5.41) is 12.9. The lowest BCUT2D eigenvalue weighted by atomic mass is 10.2. The van der Waals surface area contributed by atoms with Crippen molar-refractivity contribution in [2.75, 3.05) is 51.8 Å². The number of carbonyl (C=O) groups is 2. The fraction of sp³-hybridized carbons (Fsp3) is 0.267. The number of sulfone groups is 1. The number of benzene rings is 2. The molecule has 14 nitrogen and oxygen atoms in total. The molecular formula is C30H31Cl2N9O5S. The second-order valence-corrected chi connectivity index (χ2v) is 13.5. The first-order valence-electron chi connectivity index (χ1n) is 14.2. The molecule has 0 aliphatic carbocycles. The summed E-state index contributed by atoms with van der Waals surface area (Å²) >= 11 is 12.4. The van der Waals surface area contributed by atoms with Crippen molar-refractivity contribution in [3.8, 4) is 0 Å². The van der Waals surface area contributed by atoms with Crippen LogP contribution in [0.25, 0.3) is 0 Å². The number of hydrogen-bond acceptors (Lipinski definition) is 10. The minimum absolute atomic E-state index is 0.212. The number of aliphatic hydroxyl groups excluding tert-OH is 1. The van der Waals surface area contributed by atoms with E-state index >= 15 is 0 Å². The molecule has 1 unspecified atom stereocenters. The molecule has 2 aliphatic rings. The van der Waals surface area contributed by atoms with Crippen LogP contribution in [0.15, 0.2) is 66.1 Å². The summed E-state index contributed by atoms with van der Waals surface area (Å²) in [5.41, 5.74) is 2.68. The number of fused-ring (bicyclic) bond motifs is 2. The zero-order valence-electron chi connectivity index (χ0n) is 25.8. The first-order chi connectivity index (χ1) is 22.3. The molecule has 0 saturated heterocycles. The Balaban J connectivity index is 0.000000185. The number of carbonyl (C=O) groups excluding carboxylic acids is 2. The van der Waals surface area contributed by atoms with Gasteiger partial charge in [-0.15, -0.1) is 0 Å². The minimum atomic E-state index is -3.54. The lowest BCUT2D eigenvalue weighted by Gasteiger charge is -2.34. The zero-order chi connectivity index (χ0) is 34.0. The standard InChI is InChI=1S/C16H18ClN5O2.C14H13ClN4O3S/c1-10(23)7-18-15-19-8-11-9-22(13-6-4-3-5-12(13)17)16(24)21(2)14(11)20-15;1-18-12-9(7-16-13(17-12)23(2,21)22)8-19(14(18)20)11-6-4-3-5-10(11)15/h3-6,8,10,23H,7,9H2,1-2H3,(H,18,19,20);3-7H,8H2,1-2H3. The number of aromatic nitrogens is 4. The highest BCUT2D eigenvalue weighted by atomic mass is 35.5. The summed E-state index contributed by atoms with van der Waals surface area (Å²) in [7, 11) is -0.351. The van der Waals surface area contributed by atoms with E-state index in [1.165, 1.54) is 27.9 Å². The molecule has 4 heterocycles. The third kappa shape index (κ3) is 7.22. The molecule has 2 aliphatic heterocycles. The predicted molar refractivity (Wildman–Crippen MR) is 180 cm³/mol. The van der Waals surface area contributed by atoms with Crippen molar-refractivity contribution in [1.82, 2.24) is 19.9 Å². The van der Waals surface area contributed by atoms with Gasteiger partial charge in [0.15, 0.2) is 0 Å². The first-order valence-corrected chi connectivity index (χ1v) is 16.8. The number of rotatable bonds is 6. The molecule has 2 aromatic heterocycles. The van der Waals surface area contributed by atoms with Crippen molar-refractivity contribution in [2.45, 2.75) is 31.3 Å². The van der Waals surface area contributed by atoms with Gasteiger partial charge in [-0.1, -0.05) is 47.5 Å². The number of anilines is 5. The second-order valence-electron chi connectivity index (χ2n) is 10.8. The van der Waals surface area contributed by atoms with Crippen LogP contribution in [-0.4, -0.2) is 78.5 Å². The van der Waals surface area contributed by atoms with E-state index in [4.69, 9.17) is 23.2 Å². The van der Waals surface area contributed by atoms with Gasteiger partial charge in [0, 0.05) is 50.4 Å². The summed E-state index contributed by atoms with van der Waals surface area (Å²) in [6.45, 7) is 2.57. The van der Waals surface area contributed by atoms with Gasteiger partial charge in [-0.25, -0.2) is 33.0 Å². The third-order valence-corrected chi connectivity index (χ3v) is 8.66. The van der Waals surface area contributed by atoms with Crippen molar-refractivity contribution in [3.05, 3.63) is 82.1 Å². The molecular weight excluding hydrogens is 669 g/mol. The number of para-hydroxylation sites is 2. The van der Waals surface area contributed by atoms with Crippen LogP contribution in [0.1, 0.15) is 18.1 Å². The number of nitrogens with one attached hydrogen (secondary N) is 1. The Labute approximate surface area is 281 Å². The van der Waals surface area contributed by atoms with Crippen LogP contribution < -0.4 is 24.9 Å². The summed E-state index contributed by atoms with van der Waals surface area (Å²) in [5.74, 6) is 1.21. The first kappa shape index (κ1) is 33.8. The molecule has 2 aromatic carbocycles. The van der Waals surface area contributed by atoms with E-state index in [0.29, 0.717) is 51.8 Å². The molecule has 0 saturated carbocycles. The fourth-order valence-electron chi connectivity index (χ4n) is 4.82. The average Bonchev–Trinajstić information content (AvgIpc) is 3.04. The topological polar surface area (TPSA) is 165 Å². The van der Waals surface area contributed by atoms with Gasteiger partial charge in [0.2, 0.25) is 20.9 Å². The van der Waals surface area contributed by atoms with Crippen molar-refractivity contribution < 1.29 is 23.1 Å². The van der Waals surface area contributed by atoms with Gasteiger partial charge in [-0.2, -0.15) is 4.98 Å². The Morgan fingerprint density at radius 2 is 1.30 bits per heavy atom. The summed E-state index contributed by atoms with van der Waals surface area (Å²) in [6.07, 6.45) is 3.61. The van der Waals surface area contributed by atoms with Gasteiger partial charge in [0.1, 0.15) is 11.6 Å². The van der Waals surface area contributed by atoms with E-state index < -0.39 is 15.9 Å². The summed E-state index contributed by atoms with van der Waals surface area (Å²) < 4.78 is 23.2. The van der Waals surface area contributed by atoms with Gasteiger partial charge < -0.3 is 10.4 Å². The van der Waals surface area contributed by atoms with Gasteiger partial charge >= 0.3 is 12.1 Å². The highest BCUT2D eigenvalue weighted by molar-refractivity contribution is 7.90. The normalized spacial score (nSPS) is 15.0. The van der Waals surface area contributed by atoms with Gasteiger partial charge in [-0.05, 0) is 31.2 Å². The maximum atomic E-state index is 12.7. The molecule has 0 bridgehead atoms. The zero-order valence-corrected chi connectivity index (χ0v) is 28.1. The van der Waals surface area contributed by atoms with Crippen LogP contribution in [-0.2, 0) is 22.9 Å². The molecule has 17 heteroatoms. The Morgan fingerprint density at radius 1 is 0.830 bits per heavy atom. The second kappa shape index (κ2) is 13.7. The van der Waals surface area contributed by atoms with Crippen LogP contribution in [0.5, 0.6) is 0 Å². The lowest BCUT2D eigenvalue weighted by Crippen LogP contribution is -2.46. The number of halogens is 2. The molecule has 246 valence electrons. The molecule has 0 spiro atoms. The maximum Gasteiger partial charge on any atom is 0.330 e. The van der Waals surface area contributed by atoms with Crippen LogP contribution in [0, 0.1) is 0 Å². The largest absolute Gasteiger partial charge is 0.392 e. The highest BCUT2D eigenvalue weighted by Crippen LogP contribution is 2.35. The van der Waals surface area contributed by atoms with Crippen molar-refractivity contribution in [3.63, 3.8) is 0 Å². The van der Waals surface area contributed by atoms with Gasteiger partial charge in [0.25, 0.3) is 0 Å². The van der Waals surface area contributed by atoms with E-state index in [1.54, 1.807) is 61.5 Å². The average molecular weight is 701 g/mol. The van der Waals surface area contributed by atoms with E-state index in [0.717, 1.165) is 11.8 Å². The Bertz CT molecular complexity index is 1950. The molecule has 1 atom stereocenters. The maximum absolute atomic E-state index is 12.7. The smallest absolute Gasteiger partial charge is 0.330 e. The molecule has 2 N–H and O–H groups in total. The monoisotopic (exact) mass is 699 g/mol. The van der Waals surface area contributed by atoms with Crippen LogP contribution in [0.2, 0.25) is 10.0 Å². The number of aliphatic hydroxyl groups is 1. The molecule has 0 fully saturated rings. The van der Waals surface area contributed by atoms with Crippen LogP contribution in [0.3, 0.4) is 0 Å². The van der Waals surface area contributed by atoms with E-state index in [1.807, 2.05) is 12.1 Å². The van der Waals surface area contributed by atoms with Crippen molar-refractivity contribution in [2.24, 2.45) is 0 Å². The number of urea groups is 2. The van der Waals surface area contributed by atoms with Crippen LogP contribution in [0.4, 0.5) is 38.5 Å². The van der Waals surface area contributed by atoms with E-state index in [-0.39, 0.29) is 29.6 Å². The van der Waals surface area contributed by atoms with E-state index in [9.17, 15) is 23.1 Å². The number of hydrogen-bond donors (Lipinski definition) is 2. The Kier molecular flexibility index (Phi) is 9.81. The van der Waals surface area contributed by atoms with Gasteiger partial charge in [0.05, 0.1) is 40.6 Å². The molecule has 47 heavy (non-hydrogen) atoms. The van der Waals surface area contributed by atoms with Crippen molar-refractivity contribution >= 4 is 74.1 Å². The summed E-state index contributed by atoms with van der Waals surface area (Å²) in [4.78, 5) is 47.6.